The molecule has 0 atom stereocenters. The molecule has 130 valence electrons. The molecule has 0 saturated heterocycles. The number of nitrogens with one attached hydrogen (secondary N) is 1. The van der Waals surface area contributed by atoms with Gasteiger partial charge in [0.15, 0.2) is 0 Å². The number of hydrogen-bond donors (Lipinski definition) is 1. The fourth-order valence-corrected chi connectivity index (χ4v) is 2.72. The van der Waals surface area contributed by atoms with Gasteiger partial charge in [0.2, 0.25) is 0 Å². The van der Waals surface area contributed by atoms with Gasteiger partial charge in [-0.25, -0.2) is 4.98 Å². The van der Waals surface area contributed by atoms with Crippen molar-refractivity contribution in [2.45, 2.75) is 13.0 Å². The number of fused-ring (bicyclic) bond motifs is 1. The summed E-state index contributed by atoms with van der Waals surface area (Å²) in [5, 5.41) is 2.93. The van der Waals surface area contributed by atoms with Crippen LogP contribution in [0.2, 0.25) is 0 Å². The number of amides is 1. The fraction of sp³-hybridized carbons (Fsp3) is 0.263. The van der Waals surface area contributed by atoms with Gasteiger partial charge < -0.3 is 19.4 Å². The van der Waals surface area contributed by atoms with E-state index in [2.05, 4.69) is 14.9 Å². The summed E-state index contributed by atoms with van der Waals surface area (Å²) in [7, 11) is 3.12. The normalized spacial score (nSPS) is 10.6. The smallest absolute Gasteiger partial charge is 0.255 e. The zero-order chi connectivity index (χ0) is 17.6. The van der Waals surface area contributed by atoms with Crippen LogP contribution in [0.3, 0.4) is 0 Å². The van der Waals surface area contributed by atoms with Crippen LogP contribution in [0.4, 0.5) is 0 Å². The molecule has 1 amide bonds. The summed E-state index contributed by atoms with van der Waals surface area (Å²) in [5.74, 6) is 0.993. The van der Waals surface area contributed by atoms with Crippen LogP contribution in [-0.4, -0.2) is 36.2 Å². The third-order valence-electron chi connectivity index (χ3n) is 4.04. The first-order chi connectivity index (χ1) is 12.2. The Kier molecular flexibility index (Phi) is 5.18. The van der Waals surface area contributed by atoms with Gasteiger partial charge in [0.1, 0.15) is 11.5 Å². The van der Waals surface area contributed by atoms with Crippen LogP contribution in [0.15, 0.2) is 48.8 Å². The van der Waals surface area contributed by atoms with Gasteiger partial charge in [-0.05, 0) is 30.7 Å². The van der Waals surface area contributed by atoms with Gasteiger partial charge in [0.25, 0.3) is 5.91 Å². The Balaban J connectivity index is 1.56. The van der Waals surface area contributed by atoms with E-state index in [1.54, 1.807) is 25.3 Å². The molecule has 3 rings (SSSR count). The molecule has 3 aromatic rings. The molecule has 0 fully saturated rings. The molecule has 0 spiro atoms. The number of imidazole rings is 1. The second-order valence-corrected chi connectivity index (χ2v) is 5.60. The highest BCUT2D eigenvalue weighted by molar-refractivity contribution is 5.97. The molecule has 1 aromatic heterocycles. The van der Waals surface area contributed by atoms with E-state index in [0.717, 1.165) is 24.0 Å². The van der Waals surface area contributed by atoms with E-state index in [4.69, 9.17) is 9.47 Å². The molecule has 0 bridgehead atoms. The zero-order valence-corrected chi connectivity index (χ0v) is 14.4. The van der Waals surface area contributed by atoms with E-state index in [-0.39, 0.29) is 5.91 Å². The first-order valence-corrected chi connectivity index (χ1v) is 8.13. The number of rotatable bonds is 7. The molecule has 0 unspecified atom stereocenters. The largest absolute Gasteiger partial charge is 0.497 e. The third kappa shape index (κ3) is 3.74. The summed E-state index contributed by atoms with van der Waals surface area (Å²) >= 11 is 0. The number of nitrogens with zero attached hydrogens (tertiary/aromatic N) is 2. The molecule has 0 saturated carbocycles. The van der Waals surface area contributed by atoms with Crippen molar-refractivity contribution in [3.63, 3.8) is 0 Å². The van der Waals surface area contributed by atoms with Crippen LogP contribution in [-0.2, 0) is 6.54 Å². The van der Waals surface area contributed by atoms with E-state index >= 15 is 0 Å². The van der Waals surface area contributed by atoms with Crippen molar-refractivity contribution in [2.24, 2.45) is 0 Å². The quantitative estimate of drug-likeness (QED) is 0.672. The highest BCUT2D eigenvalue weighted by atomic mass is 16.5. The van der Waals surface area contributed by atoms with E-state index < -0.39 is 0 Å². The summed E-state index contributed by atoms with van der Waals surface area (Å²) in [6, 6.07) is 13.2. The van der Waals surface area contributed by atoms with Crippen molar-refractivity contribution in [3.05, 3.63) is 54.4 Å². The van der Waals surface area contributed by atoms with Gasteiger partial charge in [-0.1, -0.05) is 12.1 Å². The predicted octanol–water partition coefficient (Wildman–Crippen LogP) is 2.87. The van der Waals surface area contributed by atoms with Crippen LogP contribution in [0.5, 0.6) is 11.5 Å². The number of aromatic nitrogens is 2. The predicted molar refractivity (Wildman–Crippen MR) is 96.2 cm³/mol. The Hall–Kier alpha value is -3.02. The first-order valence-electron chi connectivity index (χ1n) is 8.13. The maximum absolute atomic E-state index is 12.3. The first kappa shape index (κ1) is 16.8. The molecule has 25 heavy (non-hydrogen) atoms. The summed E-state index contributed by atoms with van der Waals surface area (Å²) in [5.41, 5.74) is 2.58. The van der Waals surface area contributed by atoms with E-state index in [9.17, 15) is 4.79 Å². The monoisotopic (exact) mass is 339 g/mol. The zero-order valence-electron chi connectivity index (χ0n) is 14.4. The van der Waals surface area contributed by atoms with Gasteiger partial charge in [-0.15, -0.1) is 0 Å². The lowest BCUT2D eigenvalue weighted by molar-refractivity contribution is 0.0949. The van der Waals surface area contributed by atoms with Crippen molar-refractivity contribution < 1.29 is 14.3 Å². The number of para-hydroxylation sites is 2. The van der Waals surface area contributed by atoms with E-state index in [0.29, 0.717) is 23.6 Å². The number of benzene rings is 2. The second kappa shape index (κ2) is 7.70. The summed E-state index contributed by atoms with van der Waals surface area (Å²) < 4.78 is 12.5. The fourth-order valence-electron chi connectivity index (χ4n) is 2.72. The molecule has 0 radical (unpaired) electrons. The summed E-state index contributed by atoms with van der Waals surface area (Å²) in [4.78, 5) is 16.7. The average Bonchev–Trinajstić information content (AvgIpc) is 3.07. The lowest BCUT2D eigenvalue weighted by Crippen LogP contribution is -2.25. The van der Waals surface area contributed by atoms with Crippen LogP contribution in [0.25, 0.3) is 11.0 Å². The summed E-state index contributed by atoms with van der Waals surface area (Å²) in [6.45, 7) is 1.36. The van der Waals surface area contributed by atoms with Gasteiger partial charge in [0, 0.05) is 19.2 Å². The highest BCUT2D eigenvalue weighted by Crippen LogP contribution is 2.24. The number of aryl methyl sites for hydroxylation is 1. The van der Waals surface area contributed by atoms with Crippen LogP contribution >= 0.6 is 0 Å². The van der Waals surface area contributed by atoms with Gasteiger partial charge >= 0.3 is 0 Å². The van der Waals surface area contributed by atoms with Crippen molar-refractivity contribution in [3.8, 4) is 11.5 Å². The lowest BCUT2D eigenvalue weighted by Gasteiger charge is -2.11. The minimum atomic E-state index is -0.157. The van der Waals surface area contributed by atoms with Gasteiger partial charge in [0.05, 0.1) is 37.1 Å². The van der Waals surface area contributed by atoms with Gasteiger partial charge in [-0.2, -0.15) is 0 Å². The van der Waals surface area contributed by atoms with Gasteiger partial charge in [-0.3, -0.25) is 4.79 Å². The summed E-state index contributed by atoms with van der Waals surface area (Å²) in [6.07, 6.45) is 2.64. The number of hydrogen-bond acceptors (Lipinski definition) is 4. The third-order valence-corrected chi connectivity index (χ3v) is 4.04. The Morgan fingerprint density at radius 3 is 2.80 bits per heavy atom. The van der Waals surface area contributed by atoms with Crippen LogP contribution in [0, 0.1) is 0 Å². The minimum Gasteiger partial charge on any atom is -0.497 e. The van der Waals surface area contributed by atoms with Crippen molar-refractivity contribution in [1.29, 1.82) is 0 Å². The Bertz CT molecular complexity index is 873. The molecule has 1 heterocycles. The molecular weight excluding hydrogens is 318 g/mol. The lowest BCUT2D eigenvalue weighted by atomic mass is 10.1. The molecular formula is C19H21N3O3. The molecule has 0 aliphatic rings. The van der Waals surface area contributed by atoms with Crippen molar-refractivity contribution in [2.75, 3.05) is 20.8 Å². The number of methoxy groups -OCH3 is 2. The Labute approximate surface area is 146 Å². The minimum absolute atomic E-state index is 0.157. The SMILES string of the molecule is COc1ccc(C(=O)NCCCn2cnc3ccccc32)c(OC)c1. The number of ether oxygens (including phenoxy) is 2. The standard InChI is InChI=1S/C19H21N3O3/c1-24-14-8-9-15(18(12-14)25-2)19(23)20-10-5-11-22-13-21-16-6-3-4-7-17(16)22/h3-4,6-9,12-13H,5,10-11H2,1-2H3,(H,20,23). The molecule has 2 aromatic carbocycles. The molecule has 0 aliphatic carbocycles. The van der Waals surface area contributed by atoms with Crippen LogP contribution in [0.1, 0.15) is 16.8 Å². The Morgan fingerprint density at radius 2 is 2.00 bits per heavy atom. The van der Waals surface area contributed by atoms with E-state index in [1.165, 1.54) is 7.11 Å². The molecule has 6 heteroatoms. The molecule has 0 aliphatic heterocycles. The number of carbonyl (C=O) groups excluding carboxylic acids is 1. The van der Waals surface area contributed by atoms with E-state index in [1.807, 2.05) is 30.6 Å². The van der Waals surface area contributed by atoms with Crippen molar-refractivity contribution in [1.82, 2.24) is 14.9 Å². The molecule has 6 nitrogen and oxygen atoms in total. The maximum Gasteiger partial charge on any atom is 0.255 e. The second-order valence-electron chi connectivity index (χ2n) is 5.60. The molecule has 1 N–H and O–H groups in total. The van der Waals surface area contributed by atoms with Crippen molar-refractivity contribution >= 4 is 16.9 Å². The Morgan fingerprint density at radius 1 is 1.16 bits per heavy atom. The number of carbonyl (C=O) groups is 1. The average molecular weight is 339 g/mol. The highest BCUT2D eigenvalue weighted by Gasteiger charge is 2.12. The maximum atomic E-state index is 12.3. The van der Waals surface area contributed by atoms with Crippen LogP contribution < -0.4 is 14.8 Å². The topological polar surface area (TPSA) is 65.4 Å².